The molecule has 0 saturated heterocycles. The number of hydrogen-bond donors (Lipinski definition) is 0. The number of alkyl halides is 1. The second-order valence-electron chi connectivity index (χ2n) is 9.06. The van der Waals surface area contributed by atoms with E-state index < -0.39 is 24.1 Å². The Kier molecular flexibility index (Phi) is 13.0. The molecule has 1 rings (SSSR count). The Balaban J connectivity index is 3.55. The highest BCUT2D eigenvalue weighted by molar-refractivity contribution is 9.09. The van der Waals surface area contributed by atoms with Crippen LogP contribution >= 0.6 is 15.9 Å². The summed E-state index contributed by atoms with van der Waals surface area (Å²) in [5.41, 5.74) is 1.01. The SMILES string of the molecule is CC[Si](CC)(CC)/C(=C/CN([C@H](C/C=C\C(=O)OC)C(C)C)S(=O)(=O)c1ccc(C)cc1)CBr. The van der Waals surface area contributed by atoms with Crippen molar-refractivity contribution >= 4 is 40.0 Å². The number of nitrogens with zero attached hydrogens (tertiary/aromatic N) is 1. The minimum absolute atomic E-state index is 0.0499. The summed E-state index contributed by atoms with van der Waals surface area (Å²) >= 11 is 3.70. The van der Waals surface area contributed by atoms with E-state index in [-0.39, 0.29) is 12.0 Å². The van der Waals surface area contributed by atoms with Gasteiger partial charge in [0, 0.05) is 24.0 Å². The second kappa shape index (κ2) is 14.4. The van der Waals surface area contributed by atoms with Crippen molar-refractivity contribution in [1.82, 2.24) is 4.31 Å². The van der Waals surface area contributed by atoms with Crippen molar-refractivity contribution in [3.8, 4) is 0 Å². The van der Waals surface area contributed by atoms with Crippen LogP contribution in [0.2, 0.25) is 18.1 Å². The third-order valence-electron chi connectivity index (χ3n) is 6.97. The third kappa shape index (κ3) is 7.90. The largest absolute Gasteiger partial charge is 0.466 e. The number of esters is 1. The van der Waals surface area contributed by atoms with Gasteiger partial charge in [-0.1, -0.05) is 104 Å². The molecule has 0 heterocycles. The molecule has 8 heteroatoms. The fraction of sp³-hybridized carbons (Fsp3) is 0.577. The van der Waals surface area contributed by atoms with Crippen LogP contribution in [0.1, 0.15) is 46.6 Å². The van der Waals surface area contributed by atoms with Crippen molar-refractivity contribution in [3.63, 3.8) is 0 Å². The van der Waals surface area contributed by atoms with Crippen molar-refractivity contribution in [2.24, 2.45) is 5.92 Å². The average Bonchev–Trinajstić information content (AvgIpc) is 2.82. The van der Waals surface area contributed by atoms with Crippen LogP contribution in [-0.2, 0) is 19.6 Å². The molecule has 192 valence electrons. The van der Waals surface area contributed by atoms with Crippen molar-refractivity contribution in [2.75, 3.05) is 19.0 Å². The van der Waals surface area contributed by atoms with E-state index in [9.17, 15) is 13.2 Å². The summed E-state index contributed by atoms with van der Waals surface area (Å²) in [6.07, 6.45) is 5.66. The van der Waals surface area contributed by atoms with E-state index in [0.717, 1.165) is 29.0 Å². The first-order valence-corrected chi connectivity index (χ1v) is 17.3. The lowest BCUT2D eigenvalue weighted by molar-refractivity contribution is -0.134. The van der Waals surface area contributed by atoms with Gasteiger partial charge >= 0.3 is 5.97 Å². The number of rotatable bonds is 14. The standard InChI is InChI=1S/C26H42BrNO4SSi/c1-8-34(9-2,10-3)24(20-27)18-19-28(25(21(4)5)12-11-13-26(29)32-7)33(30,31)23-16-14-22(6)15-17-23/h11,13-18,21,25H,8-10,12,19-20H2,1-7H3/b13-11-,24-18+/t25-/m1/s1. The zero-order valence-corrected chi connectivity index (χ0v) is 25.2. The number of carbonyl (C=O) groups is 1. The van der Waals surface area contributed by atoms with Crippen LogP contribution in [0.4, 0.5) is 0 Å². The molecule has 0 N–H and O–H groups in total. The Morgan fingerprint density at radius 1 is 1.12 bits per heavy atom. The molecule has 0 unspecified atom stereocenters. The molecule has 1 aromatic carbocycles. The van der Waals surface area contributed by atoms with Crippen LogP contribution in [0.15, 0.2) is 52.6 Å². The molecule has 0 amide bonds. The second-order valence-corrected chi connectivity index (χ2v) is 16.8. The molecule has 0 spiro atoms. The predicted octanol–water partition coefficient (Wildman–Crippen LogP) is 6.50. The number of hydrogen-bond acceptors (Lipinski definition) is 4. The first-order valence-electron chi connectivity index (χ1n) is 12.1. The van der Waals surface area contributed by atoms with Crippen molar-refractivity contribution in [2.45, 2.75) is 77.0 Å². The Hall–Kier alpha value is -1.22. The van der Waals surface area contributed by atoms with E-state index in [4.69, 9.17) is 4.74 Å². The lowest BCUT2D eigenvalue weighted by atomic mass is 10.0. The number of sulfonamides is 1. The summed E-state index contributed by atoms with van der Waals surface area (Å²) < 4.78 is 34.1. The molecule has 34 heavy (non-hydrogen) atoms. The highest BCUT2D eigenvalue weighted by Crippen LogP contribution is 2.31. The van der Waals surface area contributed by atoms with Crippen LogP contribution in [0.25, 0.3) is 0 Å². The van der Waals surface area contributed by atoms with E-state index in [0.29, 0.717) is 17.9 Å². The monoisotopic (exact) mass is 571 g/mol. The molecule has 0 aliphatic rings. The first kappa shape index (κ1) is 30.8. The smallest absolute Gasteiger partial charge is 0.330 e. The fourth-order valence-corrected chi connectivity index (χ4v) is 11.8. The molecule has 0 fully saturated rings. The summed E-state index contributed by atoms with van der Waals surface area (Å²) in [5, 5.41) is 2.14. The maximum atomic E-state index is 13.9. The van der Waals surface area contributed by atoms with Gasteiger partial charge < -0.3 is 4.74 Å². The van der Waals surface area contributed by atoms with E-state index in [2.05, 4.69) is 42.8 Å². The van der Waals surface area contributed by atoms with E-state index in [1.165, 1.54) is 18.4 Å². The Bertz CT molecular complexity index is 930. The van der Waals surface area contributed by atoms with Crippen molar-refractivity contribution in [3.05, 3.63) is 53.3 Å². The summed E-state index contributed by atoms with van der Waals surface area (Å²) in [4.78, 5) is 11.9. The summed E-state index contributed by atoms with van der Waals surface area (Å²) in [6.45, 7) is 13.1. The van der Waals surface area contributed by atoms with Crippen LogP contribution in [0.5, 0.6) is 0 Å². The van der Waals surface area contributed by atoms with Crippen molar-refractivity contribution in [1.29, 1.82) is 0 Å². The Morgan fingerprint density at radius 2 is 1.68 bits per heavy atom. The first-order chi connectivity index (χ1) is 16.0. The van der Waals surface area contributed by atoms with Crippen molar-refractivity contribution < 1.29 is 17.9 Å². The van der Waals surface area contributed by atoms with Crippen LogP contribution < -0.4 is 0 Å². The van der Waals surface area contributed by atoms with Gasteiger partial charge in [-0.15, -0.1) is 0 Å². The lowest BCUT2D eigenvalue weighted by Crippen LogP contribution is -2.44. The number of benzene rings is 1. The number of ether oxygens (including phenoxy) is 1. The van der Waals surface area contributed by atoms with Gasteiger partial charge in [0.1, 0.15) is 0 Å². The summed E-state index contributed by atoms with van der Waals surface area (Å²) in [6, 6.07) is 10.1. The normalized spacial score (nSPS) is 14.2. The van der Waals surface area contributed by atoms with E-state index in [1.54, 1.807) is 22.5 Å². The third-order valence-corrected chi connectivity index (χ3v) is 15.8. The number of aryl methyl sites for hydroxylation is 1. The Labute approximate surface area is 216 Å². The van der Waals surface area contributed by atoms with Crippen LogP contribution in [0.3, 0.4) is 0 Å². The molecule has 0 aliphatic carbocycles. The maximum Gasteiger partial charge on any atom is 0.330 e. The molecular formula is C26H42BrNO4SSi. The highest BCUT2D eigenvalue weighted by Gasteiger charge is 2.34. The molecule has 0 saturated carbocycles. The van der Waals surface area contributed by atoms with Gasteiger partial charge in [-0.05, 0) is 31.4 Å². The number of methoxy groups -OCH3 is 1. The quantitative estimate of drug-likeness (QED) is 0.111. The molecule has 0 radical (unpaired) electrons. The predicted molar refractivity (Wildman–Crippen MR) is 149 cm³/mol. The molecule has 1 atom stereocenters. The minimum atomic E-state index is -3.75. The van der Waals surface area contributed by atoms with Gasteiger partial charge in [0.15, 0.2) is 0 Å². The summed E-state index contributed by atoms with van der Waals surface area (Å²) in [5.74, 6) is -0.393. The number of carbonyl (C=O) groups excluding carboxylic acids is 1. The van der Waals surface area contributed by atoms with E-state index in [1.807, 2.05) is 32.9 Å². The zero-order chi connectivity index (χ0) is 25.9. The van der Waals surface area contributed by atoms with Gasteiger partial charge in [0.2, 0.25) is 10.0 Å². The van der Waals surface area contributed by atoms with Gasteiger partial charge in [0.05, 0.1) is 20.1 Å². The van der Waals surface area contributed by atoms with Gasteiger partial charge in [-0.2, -0.15) is 4.31 Å². The highest BCUT2D eigenvalue weighted by atomic mass is 79.9. The van der Waals surface area contributed by atoms with E-state index >= 15 is 0 Å². The molecule has 0 aromatic heterocycles. The van der Waals surface area contributed by atoms with Crippen LogP contribution in [-0.4, -0.2) is 51.8 Å². The molecule has 0 bridgehead atoms. The fourth-order valence-electron chi connectivity index (χ4n) is 4.40. The zero-order valence-electron chi connectivity index (χ0n) is 21.8. The molecule has 0 aliphatic heterocycles. The Morgan fingerprint density at radius 3 is 2.12 bits per heavy atom. The molecule has 5 nitrogen and oxygen atoms in total. The van der Waals surface area contributed by atoms with Gasteiger partial charge in [0.25, 0.3) is 0 Å². The molecule has 1 aromatic rings. The van der Waals surface area contributed by atoms with Gasteiger partial charge in [-0.3, -0.25) is 0 Å². The summed E-state index contributed by atoms with van der Waals surface area (Å²) in [7, 11) is -4.07. The average molecular weight is 573 g/mol. The van der Waals surface area contributed by atoms with Gasteiger partial charge in [-0.25, -0.2) is 13.2 Å². The maximum absolute atomic E-state index is 13.9. The lowest BCUT2D eigenvalue weighted by Gasteiger charge is -2.34. The minimum Gasteiger partial charge on any atom is -0.466 e. The van der Waals surface area contributed by atoms with Crippen LogP contribution in [0, 0.1) is 12.8 Å². The number of allylic oxidation sites excluding steroid dienone is 1. The number of halogens is 1. The topological polar surface area (TPSA) is 63.7 Å². The molecular weight excluding hydrogens is 530 g/mol.